The van der Waals surface area contributed by atoms with Gasteiger partial charge in [-0.15, -0.1) is 0 Å². The fourth-order valence-corrected chi connectivity index (χ4v) is 4.94. The third-order valence-corrected chi connectivity index (χ3v) is 5.79. The predicted octanol–water partition coefficient (Wildman–Crippen LogP) is 1.34. The van der Waals surface area contributed by atoms with Crippen LogP contribution >= 0.6 is 0 Å². The molecular weight excluding hydrogens is 236 g/mol. The Morgan fingerprint density at radius 1 is 1.24 bits per heavy atom. The van der Waals surface area contributed by atoms with Gasteiger partial charge in [0.1, 0.15) is 0 Å². The van der Waals surface area contributed by atoms with Crippen LogP contribution in [0.2, 0.25) is 0 Å². The van der Waals surface area contributed by atoms with E-state index in [1.165, 1.54) is 5.56 Å². The van der Waals surface area contributed by atoms with Crippen LogP contribution < -0.4 is 0 Å². The summed E-state index contributed by atoms with van der Waals surface area (Å²) in [4.78, 5) is 0. The van der Waals surface area contributed by atoms with Gasteiger partial charge in [0.15, 0.2) is 9.84 Å². The molecular formula is C13H16O3S. The average Bonchev–Trinajstić information content (AvgIpc) is 3.03. The van der Waals surface area contributed by atoms with Gasteiger partial charge in [0.05, 0.1) is 17.1 Å². The summed E-state index contributed by atoms with van der Waals surface area (Å²) < 4.78 is 22.9. The average molecular weight is 252 g/mol. The van der Waals surface area contributed by atoms with Gasteiger partial charge in [-0.1, -0.05) is 30.3 Å². The summed E-state index contributed by atoms with van der Waals surface area (Å²) in [6.07, 6.45) is 1.32. The van der Waals surface area contributed by atoms with Gasteiger partial charge in [-0.3, -0.25) is 0 Å². The second-order valence-electron chi connectivity index (χ2n) is 5.30. The standard InChI is InChI=1S/C13H16O3S/c14-13(6-7-17(15,16)9-13)12-8-11(12)10-4-2-1-3-5-10/h1-5,11-12,14H,6-9H2. The number of rotatable bonds is 2. The van der Waals surface area contributed by atoms with Crippen molar-refractivity contribution in [2.24, 2.45) is 5.92 Å². The van der Waals surface area contributed by atoms with Crippen LogP contribution in [0.5, 0.6) is 0 Å². The lowest BCUT2D eigenvalue weighted by Crippen LogP contribution is -2.33. The summed E-state index contributed by atoms with van der Waals surface area (Å²) in [5.74, 6) is 0.562. The third kappa shape index (κ3) is 2.00. The van der Waals surface area contributed by atoms with Crippen LogP contribution in [-0.4, -0.2) is 30.6 Å². The first kappa shape index (κ1) is 11.2. The molecule has 1 aliphatic heterocycles. The number of aliphatic hydroxyl groups is 1. The molecule has 1 N–H and O–H groups in total. The summed E-state index contributed by atoms with van der Waals surface area (Å²) in [5.41, 5.74) is 0.245. The monoisotopic (exact) mass is 252 g/mol. The molecule has 3 nitrogen and oxygen atoms in total. The van der Waals surface area contributed by atoms with Crippen molar-refractivity contribution >= 4 is 9.84 Å². The van der Waals surface area contributed by atoms with Crippen LogP contribution in [0.4, 0.5) is 0 Å². The van der Waals surface area contributed by atoms with Crippen LogP contribution in [0, 0.1) is 5.92 Å². The van der Waals surface area contributed by atoms with Crippen LogP contribution in [0.1, 0.15) is 24.3 Å². The van der Waals surface area contributed by atoms with Gasteiger partial charge in [-0.05, 0) is 30.2 Å². The van der Waals surface area contributed by atoms with Crippen molar-refractivity contribution < 1.29 is 13.5 Å². The Morgan fingerprint density at radius 2 is 1.94 bits per heavy atom. The van der Waals surface area contributed by atoms with E-state index in [1.54, 1.807) is 0 Å². The molecule has 3 unspecified atom stereocenters. The lowest BCUT2D eigenvalue weighted by molar-refractivity contribution is 0.0423. The predicted molar refractivity (Wildman–Crippen MR) is 65.5 cm³/mol. The lowest BCUT2D eigenvalue weighted by atomic mass is 9.94. The SMILES string of the molecule is O=S1(=O)CCC(O)(C2CC2c2ccccc2)C1. The first-order chi connectivity index (χ1) is 8.00. The zero-order valence-corrected chi connectivity index (χ0v) is 10.4. The van der Waals surface area contributed by atoms with E-state index in [-0.39, 0.29) is 17.4 Å². The molecule has 2 fully saturated rings. The highest BCUT2D eigenvalue weighted by Crippen LogP contribution is 2.56. The van der Waals surface area contributed by atoms with Crippen LogP contribution in [0.25, 0.3) is 0 Å². The molecule has 92 valence electrons. The summed E-state index contributed by atoms with van der Waals surface area (Å²) in [5, 5.41) is 10.4. The highest BCUT2D eigenvalue weighted by Gasteiger charge is 2.56. The van der Waals surface area contributed by atoms with E-state index in [0.717, 1.165) is 6.42 Å². The van der Waals surface area contributed by atoms with Crippen molar-refractivity contribution in [2.75, 3.05) is 11.5 Å². The maximum atomic E-state index is 11.5. The third-order valence-electron chi connectivity index (χ3n) is 4.02. The highest BCUT2D eigenvalue weighted by molar-refractivity contribution is 7.91. The summed E-state index contributed by atoms with van der Waals surface area (Å²) in [7, 11) is -3.01. The Kier molecular flexibility index (Phi) is 2.35. The second-order valence-corrected chi connectivity index (χ2v) is 7.49. The zero-order valence-electron chi connectivity index (χ0n) is 9.54. The van der Waals surface area contributed by atoms with Gasteiger partial charge in [0, 0.05) is 0 Å². The van der Waals surface area contributed by atoms with Gasteiger partial charge >= 0.3 is 0 Å². The number of hydrogen-bond acceptors (Lipinski definition) is 3. The summed E-state index contributed by atoms with van der Waals surface area (Å²) in [6.45, 7) is 0. The summed E-state index contributed by atoms with van der Waals surface area (Å²) >= 11 is 0. The van der Waals surface area contributed by atoms with Crippen molar-refractivity contribution in [3.63, 3.8) is 0 Å². The Labute approximate surface area is 101 Å². The van der Waals surface area contributed by atoms with E-state index >= 15 is 0 Å². The minimum Gasteiger partial charge on any atom is -0.388 e. The molecule has 0 aromatic heterocycles. The van der Waals surface area contributed by atoms with Gasteiger partial charge in [-0.2, -0.15) is 0 Å². The molecule has 3 atom stereocenters. The molecule has 0 amide bonds. The second kappa shape index (κ2) is 3.56. The molecule has 1 heterocycles. The molecule has 1 saturated carbocycles. The number of benzene rings is 1. The molecule has 1 aliphatic carbocycles. The molecule has 0 spiro atoms. The molecule has 1 aromatic rings. The molecule has 1 aromatic carbocycles. The van der Waals surface area contributed by atoms with Crippen molar-refractivity contribution in [3.8, 4) is 0 Å². The maximum absolute atomic E-state index is 11.5. The quantitative estimate of drug-likeness (QED) is 0.864. The lowest BCUT2D eigenvalue weighted by Gasteiger charge is -2.20. The molecule has 0 radical (unpaired) electrons. The minimum atomic E-state index is -3.01. The molecule has 3 rings (SSSR count). The van der Waals surface area contributed by atoms with E-state index < -0.39 is 15.4 Å². The molecule has 2 aliphatic rings. The van der Waals surface area contributed by atoms with Crippen LogP contribution in [-0.2, 0) is 9.84 Å². The summed E-state index contributed by atoms with van der Waals surface area (Å²) in [6, 6.07) is 10.0. The van der Waals surface area contributed by atoms with Gasteiger partial charge in [-0.25, -0.2) is 8.42 Å². The topological polar surface area (TPSA) is 54.4 Å². The smallest absolute Gasteiger partial charge is 0.153 e. The van der Waals surface area contributed by atoms with Crippen molar-refractivity contribution in [1.82, 2.24) is 0 Å². The number of sulfone groups is 1. The molecule has 4 heteroatoms. The molecule has 1 saturated heterocycles. The normalized spacial score (nSPS) is 39.1. The van der Waals surface area contributed by atoms with E-state index in [0.29, 0.717) is 12.3 Å². The van der Waals surface area contributed by atoms with E-state index in [9.17, 15) is 13.5 Å². The van der Waals surface area contributed by atoms with Gasteiger partial charge in [0.2, 0.25) is 0 Å². The maximum Gasteiger partial charge on any atom is 0.153 e. The Bertz CT molecular complexity index is 523. The Balaban J connectivity index is 1.78. The zero-order chi connectivity index (χ0) is 12.1. The minimum absolute atomic E-state index is 0.0476. The Morgan fingerprint density at radius 3 is 2.53 bits per heavy atom. The highest BCUT2D eigenvalue weighted by atomic mass is 32.2. The van der Waals surface area contributed by atoms with Gasteiger partial charge in [0.25, 0.3) is 0 Å². The van der Waals surface area contributed by atoms with Crippen molar-refractivity contribution in [1.29, 1.82) is 0 Å². The van der Waals surface area contributed by atoms with Crippen LogP contribution in [0.15, 0.2) is 30.3 Å². The fraction of sp³-hybridized carbons (Fsp3) is 0.538. The fourth-order valence-electron chi connectivity index (χ4n) is 3.01. The Hall–Kier alpha value is -0.870. The van der Waals surface area contributed by atoms with E-state index in [4.69, 9.17) is 0 Å². The first-order valence-electron chi connectivity index (χ1n) is 5.98. The first-order valence-corrected chi connectivity index (χ1v) is 7.80. The molecule has 0 bridgehead atoms. The number of hydrogen-bond donors (Lipinski definition) is 1. The van der Waals surface area contributed by atoms with Crippen molar-refractivity contribution in [2.45, 2.75) is 24.4 Å². The van der Waals surface area contributed by atoms with E-state index in [2.05, 4.69) is 12.1 Å². The van der Waals surface area contributed by atoms with E-state index in [1.807, 2.05) is 18.2 Å². The molecule has 17 heavy (non-hydrogen) atoms. The van der Waals surface area contributed by atoms with Gasteiger partial charge < -0.3 is 5.11 Å². The van der Waals surface area contributed by atoms with Crippen LogP contribution in [0.3, 0.4) is 0 Å². The largest absolute Gasteiger partial charge is 0.388 e. The van der Waals surface area contributed by atoms with Crippen molar-refractivity contribution in [3.05, 3.63) is 35.9 Å².